The molecule has 0 fully saturated rings. The van der Waals surface area contributed by atoms with Gasteiger partial charge in [0.15, 0.2) is 0 Å². The Labute approximate surface area is 219 Å². The van der Waals surface area contributed by atoms with Crippen LogP contribution in [0.15, 0.2) is 37.4 Å². The highest BCUT2D eigenvalue weighted by molar-refractivity contribution is 4.66. The molecule has 0 aliphatic heterocycles. The van der Waals surface area contributed by atoms with Crippen LogP contribution in [0.1, 0.15) is 89.9 Å². The van der Waals surface area contributed by atoms with E-state index in [4.69, 9.17) is 0 Å². The Balaban J connectivity index is 0.00000420. The van der Waals surface area contributed by atoms with E-state index in [-0.39, 0.29) is 48.0 Å². The normalized spacial score (nSPS) is 10.6. The molecule has 2 aromatic rings. The van der Waals surface area contributed by atoms with Gasteiger partial charge in [0, 0.05) is 0 Å². The van der Waals surface area contributed by atoms with E-state index in [0.717, 1.165) is 0 Å². The Morgan fingerprint density at radius 1 is 0.467 bits per heavy atom. The molecular formula is C24H44I2N4. The smallest absolute Gasteiger partial charge is 0.243 e. The molecule has 30 heavy (non-hydrogen) atoms. The van der Waals surface area contributed by atoms with Gasteiger partial charge in [-0.05, 0) is 25.7 Å². The zero-order valence-electron chi connectivity index (χ0n) is 19.3. The van der Waals surface area contributed by atoms with Gasteiger partial charge < -0.3 is 48.0 Å². The van der Waals surface area contributed by atoms with Crippen LogP contribution >= 0.6 is 0 Å². The van der Waals surface area contributed by atoms with Gasteiger partial charge in [-0.3, -0.25) is 0 Å². The number of aromatic nitrogens is 4. The molecule has 0 N–H and O–H groups in total. The average Bonchev–Trinajstić information content (AvgIpc) is 3.29. The first-order chi connectivity index (χ1) is 13.7. The first-order valence-electron chi connectivity index (χ1n) is 11.8. The van der Waals surface area contributed by atoms with Crippen molar-refractivity contribution in [1.29, 1.82) is 0 Å². The number of halogens is 2. The second-order valence-corrected chi connectivity index (χ2v) is 8.58. The van der Waals surface area contributed by atoms with Crippen LogP contribution in [-0.2, 0) is 27.2 Å². The summed E-state index contributed by atoms with van der Waals surface area (Å²) in [5.41, 5.74) is 0. The summed E-state index contributed by atoms with van der Waals surface area (Å²) in [7, 11) is 4.17. The van der Waals surface area contributed by atoms with Crippen LogP contribution in [0.25, 0.3) is 0 Å². The minimum absolute atomic E-state index is 0. The molecule has 174 valence electrons. The lowest BCUT2D eigenvalue weighted by Gasteiger charge is -2.03. The second kappa shape index (κ2) is 19.6. The fraction of sp³-hybridized carbons (Fsp3) is 0.750. The zero-order chi connectivity index (χ0) is 19.9. The van der Waals surface area contributed by atoms with Gasteiger partial charge in [0.1, 0.15) is 24.8 Å². The summed E-state index contributed by atoms with van der Waals surface area (Å²) in [6.45, 7) is 2.35. The fourth-order valence-electron chi connectivity index (χ4n) is 3.98. The number of nitrogens with zero attached hydrogens (tertiary/aromatic N) is 4. The molecule has 0 atom stereocenters. The van der Waals surface area contributed by atoms with E-state index in [9.17, 15) is 0 Å². The van der Waals surface area contributed by atoms with Crippen molar-refractivity contribution in [3.8, 4) is 0 Å². The minimum Gasteiger partial charge on any atom is -1.00 e. The SMILES string of the molecule is C[n+]1ccn(CCCCCCCCCCCCCCCCn2cc[n+](C)c2)c1.[I-].[I-]. The van der Waals surface area contributed by atoms with E-state index < -0.39 is 0 Å². The highest BCUT2D eigenvalue weighted by Gasteiger charge is 2.00. The number of aryl methyl sites for hydroxylation is 4. The Bertz CT molecular complexity index is 570. The van der Waals surface area contributed by atoms with Crippen LogP contribution in [0.5, 0.6) is 0 Å². The Kier molecular flexibility index (Phi) is 19.5. The molecule has 0 saturated carbocycles. The number of unbranched alkanes of at least 4 members (excludes halogenated alkanes) is 13. The van der Waals surface area contributed by atoms with Crippen LogP contribution in [0.2, 0.25) is 0 Å². The van der Waals surface area contributed by atoms with Crippen LogP contribution in [-0.4, -0.2) is 9.13 Å². The molecule has 2 rings (SSSR count). The third kappa shape index (κ3) is 14.8. The predicted octanol–water partition coefficient (Wildman–Crippen LogP) is -0.892. The third-order valence-electron chi connectivity index (χ3n) is 5.73. The van der Waals surface area contributed by atoms with Gasteiger partial charge in [-0.15, -0.1) is 0 Å². The molecule has 0 bridgehead atoms. The summed E-state index contributed by atoms with van der Waals surface area (Å²) >= 11 is 0. The summed E-state index contributed by atoms with van der Waals surface area (Å²) in [5, 5.41) is 0. The second-order valence-electron chi connectivity index (χ2n) is 8.58. The minimum atomic E-state index is 0. The van der Waals surface area contributed by atoms with Crippen molar-refractivity contribution in [3.05, 3.63) is 37.4 Å². The highest BCUT2D eigenvalue weighted by Crippen LogP contribution is 2.13. The number of hydrogen-bond acceptors (Lipinski definition) is 0. The van der Waals surface area contributed by atoms with Crippen molar-refractivity contribution in [2.75, 3.05) is 0 Å². The Morgan fingerprint density at radius 3 is 0.967 bits per heavy atom. The summed E-state index contributed by atoms with van der Waals surface area (Å²) < 4.78 is 8.82. The van der Waals surface area contributed by atoms with E-state index >= 15 is 0 Å². The van der Waals surface area contributed by atoms with E-state index in [1.54, 1.807) is 0 Å². The first kappa shape index (κ1) is 29.9. The van der Waals surface area contributed by atoms with Crippen LogP contribution in [0.3, 0.4) is 0 Å². The fourth-order valence-corrected chi connectivity index (χ4v) is 3.98. The summed E-state index contributed by atoms with van der Waals surface area (Å²) in [4.78, 5) is 0. The van der Waals surface area contributed by atoms with Gasteiger partial charge in [0.2, 0.25) is 12.7 Å². The highest BCUT2D eigenvalue weighted by atomic mass is 127. The first-order valence-corrected chi connectivity index (χ1v) is 11.8. The zero-order valence-corrected chi connectivity index (χ0v) is 23.6. The molecular weight excluding hydrogens is 598 g/mol. The lowest BCUT2D eigenvalue weighted by Crippen LogP contribution is -3.00. The van der Waals surface area contributed by atoms with Gasteiger partial charge in [0.25, 0.3) is 0 Å². The van der Waals surface area contributed by atoms with Crippen molar-refractivity contribution < 1.29 is 57.1 Å². The molecule has 0 aliphatic carbocycles. The number of hydrogen-bond donors (Lipinski definition) is 0. The van der Waals surface area contributed by atoms with Gasteiger partial charge in [-0.25, -0.2) is 18.3 Å². The van der Waals surface area contributed by atoms with Gasteiger partial charge in [-0.2, -0.15) is 0 Å². The van der Waals surface area contributed by atoms with E-state index in [1.807, 2.05) is 0 Å². The molecule has 0 amide bonds. The largest absolute Gasteiger partial charge is 1.00 e. The molecule has 2 heterocycles. The maximum atomic E-state index is 2.29. The van der Waals surface area contributed by atoms with Crippen molar-refractivity contribution in [2.45, 2.75) is 103 Å². The molecule has 6 heteroatoms. The molecule has 0 unspecified atom stereocenters. The summed E-state index contributed by atoms with van der Waals surface area (Å²) in [5.74, 6) is 0. The van der Waals surface area contributed by atoms with Crippen LogP contribution < -0.4 is 57.1 Å². The average molecular weight is 642 g/mol. The van der Waals surface area contributed by atoms with Crippen molar-refractivity contribution in [1.82, 2.24) is 9.13 Å². The number of imidazole rings is 2. The Morgan fingerprint density at radius 2 is 0.733 bits per heavy atom. The summed E-state index contributed by atoms with van der Waals surface area (Å²) in [6.07, 6.45) is 32.7. The number of rotatable bonds is 17. The topological polar surface area (TPSA) is 17.6 Å². The van der Waals surface area contributed by atoms with E-state index in [0.29, 0.717) is 0 Å². The van der Waals surface area contributed by atoms with Crippen molar-refractivity contribution in [3.63, 3.8) is 0 Å². The van der Waals surface area contributed by atoms with Gasteiger partial charge in [-0.1, -0.05) is 64.2 Å². The lowest BCUT2D eigenvalue weighted by atomic mass is 10.0. The molecule has 0 saturated heterocycles. The predicted molar refractivity (Wildman–Crippen MR) is 116 cm³/mol. The molecule has 0 radical (unpaired) electrons. The van der Waals surface area contributed by atoms with E-state index in [2.05, 4.69) is 69.8 Å². The molecule has 2 aromatic heterocycles. The van der Waals surface area contributed by atoms with Gasteiger partial charge in [0.05, 0.1) is 27.2 Å². The maximum Gasteiger partial charge on any atom is 0.243 e. The molecule has 0 aromatic carbocycles. The van der Waals surface area contributed by atoms with Crippen molar-refractivity contribution in [2.24, 2.45) is 14.1 Å². The van der Waals surface area contributed by atoms with Gasteiger partial charge >= 0.3 is 0 Å². The molecule has 0 aliphatic rings. The molecule has 4 nitrogen and oxygen atoms in total. The third-order valence-corrected chi connectivity index (χ3v) is 5.73. The monoisotopic (exact) mass is 642 g/mol. The maximum absolute atomic E-state index is 2.29. The standard InChI is InChI=1S/C24H44N4.2HI/c1-25-19-21-27(23-25)17-15-13-11-9-7-5-3-4-6-8-10-12-14-16-18-28-22-20-26(2)24-28;;/h19-24H,3-18H2,1-2H3;2*1H/q+2;;/p-2. The lowest BCUT2D eigenvalue weighted by molar-refractivity contribution is -0.671. The van der Waals surface area contributed by atoms with Crippen LogP contribution in [0.4, 0.5) is 0 Å². The summed E-state index contributed by atoms with van der Waals surface area (Å²) in [6, 6.07) is 0. The van der Waals surface area contributed by atoms with Crippen molar-refractivity contribution >= 4 is 0 Å². The van der Waals surface area contributed by atoms with E-state index in [1.165, 1.54) is 103 Å². The van der Waals surface area contributed by atoms with Crippen LogP contribution in [0, 0.1) is 0 Å². The molecule has 0 spiro atoms. The Hall–Kier alpha value is -0.120. The quantitative estimate of drug-likeness (QED) is 0.121.